The number of rotatable bonds is 2. The van der Waals surface area contributed by atoms with Gasteiger partial charge in [-0.2, -0.15) is 0 Å². The zero-order chi connectivity index (χ0) is 15.8. The molecule has 118 valence electrons. The van der Waals surface area contributed by atoms with Crippen molar-refractivity contribution >= 4 is 27.4 Å². The molecule has 1 fully saturated rings. The zero-order valence-electron chi connectivity index (χ0n) is 13.3. The van der Waals surface area contributed by atoms with Gasteiger partial charge in [0.1, 0.15) is 17.0 Å². The molecule has 1 aliphatic rings. The third kappa shape index (κ3) is 2.71. The fraction of sp³-hybridized carbons (Fsp3) is 0.333. The molecule has 0 N–H and O–H groups in total. The van der Waals surface area contributed by atoms with Crippen LogP contribution in [-0.4, -0.2) is 35.3 Å². The Kier molecular flexibility index (Phi) is 3.75. The summed E-state index contributed by atoms with van der Waals surface area (Å²) >= 11 is 1.68. The second-order valence-corrected chi connectivity index (χ2v) is 6.91. The van der Waals surface area contributed by atoms with Gasteiger partial charge in [0.15, 0.2) is 0 Å². The number of aromatic nitrogens is 2. The van der Waals surface area contributed by atoms with Crippen LogP contribution in [0.4, 0.5) is 5.82 Å². The van der Waals surface area contributed by atoms with Crippen molar-refractivity contribution in [1.82, 2.24) is 9.97 Å². The van der Waals surface area contributed by atoms with Crippen LogP contribution in [0.2, 0.25) is 0 Å². The van der Waals surface area contributed by atoms with Crippen LogP contribution in [0, 0.1) is 0 Å². The monoisotopic (exact) mass is 325 g/mol. The van der Waals surface area contributed by atoms with Crippen LogP contribution < -0.4 is 4.90 Å². The Hall–Kier alpha value is -1.98. The van der Waals surface area contributed by atoms with E-state index >= 15 is 0 Å². The number of benzene rings is 1. The summed E-state index contributed by atoms with van der Waals surface area (Å²) in [6, 6.07) is 10.5. The predicted molar refractivity (Wildman–Crippen MR) is 95.1 cm³/mol. The first kappa shape index (κ1) is 14.6. The Bertz CT molecular complexity index is 808. The second kappa shape index (κ2) is 5.91. The van der Waals surface area contributed by atoms with Crippen molar-refractivity contribution in [1.29, 1.82) is 0 Å². The van der Waals surface area contributed by atoms with Gasteiger partial charge in [0.2, 0.25) is 0 Å². The van der Waals surface area contributed by atoms with Gasteiger partial charge in [-0.25, -0.2) is 9.97 Å². The molecule has 0 spiro atoms. The molecule has 0 amide bonds. The average molecular weight is 325 g/mol. The third-order valence-corrected chi connectivity index (χ3v) is 5.04. The SMILES string of the molecule is C[C@H]1CN(c2ncnc3scc(-c4ccccc4)c23)C[C@H](C)O1. The molecule has 23 heavy (non-hydrogen) atoms. The van der Waals surface area contributed by atoms with Crippen LogP contribution in [0.25, 0.3) is 21.3 Å². The zero-order valence-corrected chi connectivity index (χ0v) is 14.1. The second-order valence-electron chi connectivity index (χ2n) is 6.06. The van der Waals surface area contributed by atoms with Crippen LogP contribution in [0.15, 0.2) is 42.0 Å². The summed E-state index contributed by atoms with van der Waals surface area (Å²) in [7, 11) is 0. The molecule has 2 aromatic heterocycles. The summed E-state index contributed by atoms with van der Waals surface area (Å²) in [6.45, 7) is 5.96. The average Bonchev–Trinajstić information content (AvgIpc) is 2.99. The molecule has 0 bridgehead atoms. The van der Waals surface area contributed by atoms with E-state index in [0.29, 0.717) is 0 Å². The van der Waals surface area contributed by atoms with E-state index in [1.165, 1.54) is 11.1 Å². The van der Waals surface area contributed by atoms with Crippen molar-refractivity contribution in [3.05, 3.63) is 42.0 Å². The number of fused-ring (bicyclic) bond motifs is 1. The van der Waals surface area contributed by atoms with Crippen LogP contribution >= 0.6 is 11.3 Å². The van der Waals surface area contributed by atoms with Gasteiger partial charge in [0.25, 0.3) is 0 Å². The van der Waals surface area contributed by atoms with Crippen LogP contribution in [-0.2, 0) is 4.74 Å². The Morgan fingerprint density at radius 2 is 1.83 bits per heavy atom. The minimum absolute atomic E-state index is 0.211. The normalized spacial score (nSPS) is 21.7. The van der Waals surface area contributed by atoms with Crippen molar-refractivity contribution in [3.63, 3.8) is 0 Å². The Morgan fingerprint density at radius 3 is 2.57 bits per heavy atom. The highest BCUT2D eigenvalue weighted by Gasteiger charge is 2.26. The maximum atomic E-state index is 5.86. The van der Waals surface area contributed by atoms with E-state index < -0.39 is 0 Å². The lowest BCUT2D eigenvalue weighted by Crippen LogP contribution is -2.45. The molecule has 4 nitrogen and oxygen atoms in total. The van der Waals surface area contributed by atoms with Gasteiger partial charge >= 0.3 is 0 Å². The number of nitrogens with zero attached hydrogens (tertiary/aromatic N) is 3. The van der Waals surface area contributed by atoms with E-state index in [0.717, 1.165) is 29.1 Å². The molecule has 0 aliphatic carbocycles. The molecule has 3 heterocycles. The molecule has 5 heteroatoms. The van der Waals surface area contributed by atoms with E-state index in [-0.39, 0.29) is 12.2 Å². The lowest BCUT2D eigenvalue weighted by atomic mass is 10.1. The summed E-state index contributed by atoms with van der Waals surface area (Å²) in [5, 5.41) is 3.34. The summed E-state index contributed by atoms with van der Waals surface area (Å²) < 4.78 is 5.86. The highest BCUT2D eigenvalue weighted by molar-refractivity contribution is 7.17. The van der Waals surface area contributed by atoms with Crippen molar-refractivity contribution in [3.8, 4) is 11.1 Å². The van der Waals surface area contributed by atoms with Gasteiger partial charge in [-0.3, -0.25) is 0 Å². The minimum atomic E-state index is 0.211. The molecule has 1 aliphatic heterocycles. The smallest absolute Gasteiger partial charge is 0.141 e. The van der Waals surface area contributed by atoms with Gasteiger partial charge in [0.05, 0.1) is 17.6 Å². The molecule has 1 aromatic carbocycles. The number of hydrogen-bond donors (Lipinski definition) is 0. The Morgan fingerprint density at radius 1 is 1.09 bits per heavy atom. The van der Waals surface area contributed by atoms with Crippen molar-refractivity contribution < 1.29 is 4.74 Å². The number of ether oxygens (including phenoxy) is 1. The molecular weight excluding hydrogens is 306 g/mol. The molecule has 0 radical (unpaired) electrons. The predicted octanol–water partition coefficient (Wildman–Crippen LogP) is 3.97. The molecule has 4 rings (SSSR count). The van der Waals surface area contributed by atoms with E-state index in [4.69, 9.17) is 4.74 Å². The molecule has 2 atom stereocenters. The van der Waals surface area contributed by atoms with Gasteiger partial charge in [-0.1, -0.05) is 30.3 Å². The van der Waals surface area contributed by atoms with Crippen LogP contribution in [0.1, 0.15) is 13.8 Å². The quantitative estimate of drug-likeness (QED) is 0.714. The van der Waals surface area contributed by atoms with E-state index in [1.807, 2.05) is 6.07 Å². The number of morpholine rings is 1. The largest absolute Gasteiger partial charge is 0.372 e. The first-order valence-electron chi connectivity index (χ1n) is 7.90. The minimum Gasteiger partial charge on any atom is -0.372 e. The lowest BCUT2D eigenvalue weighted by molar-refractivity contribution is -0.00537. The highest BCUT2D eigenvalue weighted by Crippen LogP contribution is 2.38. The molecule has 3 aromatic rings. The lowest BCUT2D eigenvalue weighted by Gasteiger charge is -2.36. The third-order valence-electron chi connectivity index (χ3n) is 4.15. The van der Waals surface area contributed by atoms with Gasteiger partial charge in [-0.15, -0.1) is 11.3 Å². The molecule has 1 saturated heterocycles. The number of thiophene rings is 1. The first-order chi connectivity index (χ1) is 11.2. The van der Waals surface area contributed by atoms with E-state index in [9.17, 15) is 0 Å². The van der Waals surface area contributed by atoms with Gasteiger partial charge in [-0.05, 0) is 19.4 Å². The van der Waals surface area contributed by atoms with Gasteiger partial charge in [0, 0.05) is 24.0 Å². The van der Waals surface area contributed by atoms with Crippen LogP contribution in [0.5, 0.6) is 0 Å². The van der Waals surface area contributed by atoms with E-state index in [1.54, 1.807) is 17.7 Å². The van der Waals surface area contributed by atoms with Crippen LogP contribution in [0.3, 0.4) is 0 Å². The standard InChI is InChI=1S/C18H19N3OS/c1-12-8-21(9-13(2)22-12)17-16-15(14-6-4-3-5-7-14)10-23-18(16)20-11-19-17/h3-7,10-13H,8-9H2,1-2H3/t12-,13-/m0/s1. The summed E-state index contributed by atoms with van der Waals surface area (Å²) in [4.78, 5) is 12.5. The first-order valence-corrected chi connectivity index (χ1v) is 8.78. The summed E-state index contributed by atoms with van der Waals surface area (Å²) in [5.41, 5.74) is 2.43. The fourth-order valence-corrected chi connectivity index (χ4v) is 4.19. The van der Waals surface area contributed by atoms with E-state index in [2.05, 4.69) is 58.4 Å². The number of hydrogen-bond acceptors (Lipinski definition) is 5. The Balaban J connectivity index is 1.85. The maximum absolute atomic E-state index is 5.86. The van der Waals surface area contributed by atoms with Crippen molar-refractivity contribution in [2.24, 2.45) is 0 Å². The summed E-state index contributed by atoms with van der Waals surface area (Å²) in [5.74, 6) is 1.03. The highest BCUT2D eigenvalue weighted by atomic mass is 32.1. The summed E-state index contributed by atoms with van der Waals surface area (Å²) in [6.07, 6.45) is 2.10. The molecule has 0 unspecified atom stereocenters. The topological polar surface area (TPSA) is 38.2 Å². The molecule has 0 saturated carbocycles. The maximum Gasteiger partial charge on any atom is 0.141 e. The number of anilines is 1. The fourth-order valence-electron chi connectivity index (χ4n) is 3.28. The van der Waals surface area contributed by atoms with Gasteiger partial charge < -0.3 is 9.64 Å². The van der Waals surface area contributed by atoms with Crippen molar-refractivity contribution in [2.45, 2.75) is 26.1 Å². The Labute approximate surface area is 139 Å². The van der Waals surface area contributed by atoms with Crippen molar-refractivity contribution in [2.75, 3.05) is 18.0 Å². The molecular formula is C18H19N3OS.